The fraction of sp³-hybridized carbons (Fsp3) is 0.333. The summed E-state index contributed by atoms with van der Waals surface area (Å²) in [7, 11) is 0. The summed E-state index contributed by atoms with van der Waals surface area (Å²) < 4.78 is 51.7. The van der Waals surface area contributed by atoms with Crippen molar-refractivity contribution in [2.24, 2.45) is 0 Å². The van der Waals surface area contributed by atoms with E-state index in [0.29, 0.717) is 12.0 Å². The lowest BCUT2D eigenvalue weighted by Gasteiger charge is -2.32. The quantitative estimate of drug-likeness (QED) is 0.452. The molecule has 1 fully saturated rings. The van der Waals surface area contributed by atoms with Gasteiger partial charge in [-0.3, -0.25) is 14.9 Å². The summed E-state index contributed by atoms with van der Waals surface area (Å²) in [5, 5.41) is 8.62. The van der Waals surface area contributed by atoms with Gasteiger partial charge in [0, 0.05) is 0 Å². The van der Waals surface area contributed by atoms with E-state index in [4.69, 9.17) is 0 Å². The van der Waals surface area contributed by atoms with Gasteiger partial charge in [0.25, 0.3) is 0 Å². The van der Waals surface area contributed by atoms with Gasteiger partial charge < -0.3 is 10.6 Å². The predicted octanol–water partition coefficient (Wildman–Crippen LogP) is 4.18. The molecule has 0 aliphatic carbocycles. The van der Waals surface area contributed by atoms with Gasteiger partial charge in [-0.25, -0.2) is 4.39 Å². The maximum atomic E-state index is 14.2. The van der Waals surface area contributed by atoms with Crippen molar-refractivity contribution in [3.63, 3.8) is 0 Å². The maximum absolute atomic E-state index is 14.2. The molecule has 2 aromatic carbocycles. The molecule has 1 aliphatic rings. The summed E-state index contributed by atoms with van der Waals surface area (Å²) in [6, 6.07) is 11.1. The molecule has 2 amide bonds. The highest BCUT2D eigenvalue weighted by atomic mass is 32.2. The highest BCUT2D eigenvalue weighted by molar-refractivity contribution is 8.00. The first-order valence-corrected chi connectivity index (χ1v) is 10.4. The molecular formula is C21H21F4N3O2S. The number of thioether (sulfide) groups is 1. The molecule has 1 saturated heterocycles. The largest absolute Gasteiger partial charge is 0.446 e. The minimum atomic E-state index is -4.59. The highest BCUT2D eigenvalue weighted by Gasteiger charge is 2.33. The zero-order valence-corrected chi connectivity index (χ0v) is 17.3. The van der Waals surface area contributed by atoms with E-state index in [1.54, 1.807) is 6.92 Å². The number of hydrogen-bond acceptors (Lipinski definition) is 4. The van der Waals surface area contributed by atoms with Crippen LogP contribution in [0.2, 0.25) is 0 Å². The first kappa shape index (κ1) is 23.1. The number of benzene rings is 2. The normalized spacial score (nSPS) is 20.1. The molecule has 1 heterocycles. The van der Waals surface area contributed by atoms with E-state index in [1.807, 2.05) is 30.3 Å². The van der Waals surface area contributed by atoms with E-state index in [1.165, 1.54) is 6.07 Å². The van der Waals surface area contributed by atoms with E-state index in [2.05, 4.69) is 16.0 Å². The van der Waals surface area contributed by atoms with Gasteiger partial charge in [-0.15, -0.1) is 0 Å². The van der Waals surface area contributed by atoms with E-state index in [9.17, 15) is 27.2 Å². The van der Waals surface area contributed by atoms with Crippen LogP contribution in [-0.4, -0.2) is 23.4 Å². The second kappa shape index (κ2) is 9.69. The molecule has 2 aromatic rings. The topological polar surface area (TPSA) is 70.2 Å². The Morgan fingerprint density at radius 3 is 2.55 bits per heavy atom. The molecule has 0 saturated carbocycles. The van der Waals surface area contributed by atoms with Crippen molar-refractivity contribution in [1.82, 2.24) is 16.0 Å². The molecule has 0 aromatic heterocycles. The number of amides is 2. The number of carbonyl (C=O) groups is 2. The summed E-state index contributed by atoms with van der Waals surface area (Å²) >= 11 is -0.526. The summed E-state index contributed by atoms with van der Waals surface area (Å²) in [5.41, 5.74) is -3.46. The third kappa shape index (κ3) is 6.20. The SMILES string of the molecule is CC[C@@H](NC(=O)C1CC(=O)NC(c2ccccc2)N1)c1ccc(SC(F)(F)F)c(F)c1. The first-order valence-electron chi connectivity index (χ1n) is 9.62. The zero-order valence-electron chi connectivity index (χ0n) is 16.5. The van der Waals surface area contributed by atoms with Gasteiger partial charge in [0.1, 0.15) is 12.0 Å². The van der Waals surface area contributed by atoms with Crippen LogP contribution in [0.3, 0.4) is 0 Å². The molecule has 0 bridgehead atoms. The van der Waals surface area contributed by atoms with Crippen molar-refractivity contribution in [2.45, 2.75) is 48.4 Å². The second-order valence-corrected chi connectivity index (χ2v) is 8.15. The Morgan fingerprint density at radius 2 is 1.94 bits per heavy atom. The molecular weight excluding hydrogens is 434 g/mol. The molecule has 3 atom stereocenters. The van der Waals surface area contributed by atoms with Crippen molar-refractivity contribution in [3.8, 4) is 0 Å². The number of hydrogen-bond donors (Lipinski definition) is 3. The molecule has 2 unspecified atom stereocenters. The second-order valence-electron chi connectivity index (χ2n) is 7.04. The van der Waals surface area contributed by atoms with Crippen LogP contribution in [0.15, 0.2) is 53.4 Å². The molecule has 3 N–H and O–H groups in total. The van der Waals surface area contributed by atoms with Gasteiger partial charge in [-0.1, -0.05) is 43.3 Å². The smallest absolute Gasteiger partial charge is 0.348 e. The average molecular weight is 455 g/mol. The Morgan fingerprint density at radius 1 is 1.23 bits per heavy atom. The molecule has 1 aliphatic heterocycles. The van der Waals surface area contributed by atoms with Crippen molar-refractivity contribution in [1.29, 1.82) is 0 Å². The molecule has 0 radical (unpaired) electrons. The number of rotatable bonds is 6. The Labute approximate surface area is 181 Å². The maximum Gasteiger partial charge on any atom is 0.446 e. The third-order valence-electron chi connectivity index (χ3n) is 4.82. The first-order chi connectivity index (χ1) is 14.7. The van der Waals surface area contributed by atoms with E-state index >= 15 is 0 Å². The Balaban J connectivity index is 1.70. The lowest BCUT2D eigenvalue weighted by Crippen LogP contribution is -2.56. The van der Waals surface area contributed by atoms with Gasteiger partial charge in [-0.05, 0) is 41.4 Å². The fourth-order valence-electron chi connectivity index (χ4n) is 3.34. The standard InChI is InChI=1S/C21H21F4N3O2S/c1-2-15(13-8-9-17(14(22)10-13)31-21(23,24)25)27-20(30)16-11-18(29)28-19(26-16)12-6-4-3-5-7-12/h3-10,15-16,19,26H,2,11H2,1H3,(H,27,30)(H,28,29)/t15-,16?,19?/m1/s1. The van der Waals surface area contributed by atoms with Crippen LogP contribution in [-0.2, 0) is 9.59 Å². The van der Waals surface area contributed by atoms with Gasteiger partial charge in [0.05, 0.1) is 23.4 Å². The van der Waals surface area contributed by atoms with Crippen LogP contribution in [0.25, 0.3) is 0 Å². The number of alkyl halides is 3. The lowest BCUT2D eigenvalue weighted by molar-refractivity contribution is -0.132. The number of carbonyl (C=O) groups excluding carboxylic acids is 2. The molecule has 0 spiro atoms. The third-order valence-corrected chi connectivity index (χ3v) is 5.60. The van der Waals surface area contributed by atoms with Crippen molar-refractivity contribution < 1.29 is 27.2 Å². The van der Waals surface area contributed by atoms with Gasteiger partial charge in [-0.2, -0.15) is 13.2 Å². The Kier molecular flexibility index (Phi) is 7.22. The lowest BCUT2D eigenvalue weighted by atomic mass is 10.0. The molecule has 166 valence electrons. The van der Waals surface area contributed by atoms with Gasteiger partial charge >= 0.3 is 5.51 Å². The van der Waals surface area contributed by atoms with Crippen LogP contribution in [0, 0.1) is 5.82 Å². The van der Waals surface area contributed by atoms with Gasteiger partial charge in [0.2, 0.25) is 11.8 Å². The minimum absolute atomic E-state index is 0.0683. The Bertz CT molecular complexity index is 940. The molecule has 5 nitrogen and oxygen atoms in total. The average Bonchev–Trinajstić information content (AvgIpc) is 2.72. The summed E-state index contributed by atoms with van der Waals surface area (Å²) in [6.07, 6.45) is -0.214. The molecule has 31 heavy (non-hydrogen) atoms. The van der Waals surface area contributed by atoms with Crippen molar-refractivity contribution in [2.75, 3.05) is 0 Å². The molecule has 10 heteroatoms. The van der Waals surface area contributed by atoms with Crippen LogP contribution in [0.1, 0.15) is 43.1 Å². The monoisotopic (exact) mass is 455 g/mol. The zero-order chi connectivity index (χ0) is 22.6. The van der Waals surface area contributed by atoms with Gasteiger partial charge in [0.15, 0.2) is 0 Å². The van der Waals surface area contributed by atoms with Crippen molar-refractivity contribution in [3.05, 3.63) is 65.5 Å². The Hall–Kier alpha value is -2.59. The summed E-state index contributed by atoms with van der Waals surface area (Å²) in [4.78, 5) is 24.4. The summed E-state index contributed by atoms with van der Waals surface area (Å²) in [5.74, 6) is -1.75. The predicted molar refractivity (Wildman–Crippen MR) is 108 cm³/mol. The van der Waals surface area contributed by atoms with E-state index < -0.39 is 52.1 Å². The number of nitrogens with one attached hydrogen (secondary N) is 3. The van der Waals surface area contributed by atoms with E-state index in [0.717, 1.165) is 17.7 Å². The fourth-order valence-corrected chi connectivity index (χ4v) is 3.88. The molecule has 3 rings (SSSR count). The van der Waals surface area contributed by atoms with Crippen LogP contribution >= 0.6 is 11.8 Å². The van der Waals surface area contributed by atoms with E-state index in [-0.39, 0.29) is 12.3 Å². The van der Waals surface area contributed by atoms with Crippen LogP contribution < -0.4 is 16.0 Å². The summed E-state index contributed by atoms with van der Waals surface area (Å²) in [6.45, 7) is 1.76. The number of halogens is 4. The van der Waals surface area contributed by atoms with Crippen LogP contribution in [0.4, 0.5) is 17.6 Å². The minimum Gasteiger partial charge on any atom is -0.348 e. The van der Waals surface area contributed by atoms with Crippen LogP contribution in [0.5, 0.6) is 0 Å². The highest BCUT2D eigenvalue weighted by Crippen LogP contribution is 2.38. The van der Waals surface area contributed by atoms with Crippen molar-refractivity contribution >= 4 is 23.6 Å².